The third-order valence-electron chi connectivity index (χ3n) is 3.95. The van der Waals surface area contributed by atoms with Gasteiger partial charge in [-0.15, -0.1) is 0 Å². The third kappa shape index (κ3) is 4.89. The number of rotatable bonds is 5. The number of halogens is 2. The Kier molecular flexibility index (Phi) is 5.33. The lowest BCUT2D eigenvalue weighted by Gasteiger charge is -2.24. The standard InChI is InChI=1S/C15H20ClFN2O3S/c1-15(6-7-23(21,22)10-15)18-14(20)9-19(2)8-11-12(16)4-3-5-13(11)17/h3-5H,6-10H2,1-2H3,(H,18,20)/p+1/t15-/m1/s1. The molecule has 0 saturated carbocycles. The quantitative estimate of drug-likeness (QED) is 0.784. The van der Waals surface area contributed by atoms with Gasteiger partial charge in [0.1, 0.15) is 12.4 Å². The van der Waals surface area contributed by atoms with E-state index < -0.39 is 21.2 Å². The van der Waals surface area contributed by atoms with Crippen molar-refractivity contribution in [3.05, 3.63) is 34.6 Å². The van der Waals surface area contributed by atoms with E-state index in [0.717, 1.165) is 4.90 Å². The number of hydrogen-bond donors (Lipinski definition) is 2. The SMILES string of the molecule is C[NH+](CC(=O)N[C@]1(C)CCS(=O)(=O)C1)Cc1c(F)cccc1Cl. The highest BCUT2D eigenvalue weighted by Crippen LogP contribution is 2.22. The molecule has 1 saturated heterocycles. The Morgan fingerprint density at radius 3 is 2.74 bits per heavy atom. The van der Waals surface area contributed by atoms with Gasteiger partial charge in [-0.1, -0.05) is 17.7 Å². The van der Waals surface area contributed by atoms with Gasteiger partial charge in [-0.25, -0.2) is 12.8 Å². The van der Waals surface area contributed by atoms with Gasteiger partial charge >= 0.3 is 0 Å². The van der Waals surface area contributed by atoms with Gasteiger partial charge in [0, 0.05) is 0 Å². The molecule has 1 aliphatic rings. The molecule has 1 aromatic rings. The highest BCUT2D eigenvalue weighted by atomic mass is 35.5. The van der Waals surface area contributed by atoms with Crippen molar-refractivity contribution >= 4 is 27.3 Å². The van der Waals surface area contributed by atoms with Crippen molar-refractivity contribution in [1.29, 1.82) is 0 Å². The van der Waals surface area contributed by atoms with Crippen molar-refractivity contribution in [3.63, 3.8) is 0 Å². The summed E-state index contributed by atoms with van der Waals surface area (Å²) in [6.45, 7) is 2.12. The number of nitrogens with one attached hydrogen (secondary N) is 2. The number of amides is 1. The summed E-state index contributed by atoms with van der Waals surface area (Å²) in [4.78, 5) is 12.9. The lowest BCUT2D eigenvalue weighted by molar-refractivity contribution is -0.885. The minimum Gasteiger partial charge on any atom is -0.345 e. The predicted octanol–water partition coefficient (Wildman–Crippen LogP) is 0.187. The molecule has 0 aromatic heterocycles. The highest BCUT2D eigenvalue weighted by molar-refractivity contribution is 7.91. The Morgan fingerprint density at radius 2 is 2.17 bits per heavy atom. The molecule has 1 aliphatic heterocycles. The Hall–Kier alpha value is -1.18. The summed E-state index contributed by atoms with van der Waals surface area (Å²) >= 11 is 5.98. The largest absolute Gasteiger partial charge is 0.345 e. The maximum atomic E-state index is 13.8. The lowest BCUT2D eigenvalue weighted by atomic mass is 10.0. The Balaban J connectivity index is 1.93. The van der Waals surface area contributed by atoms with Crippen molar-refractivity contribution in [2.24, 2.45) is 0 Å². The molecule has 1 unspecified atom stereocenters. The van der Waals surface area contributed by atoms with Crippen molar-refractivity contribution < 1.29 is 22.5 Å². The van der Waals surface area contributed by atoms with Crippen molar-refractivity contribution in [2.45, 2.75) is 25.4 Å². The maximum absolute atomic E-state index is 13.8. The molecule has 2 atom stereocenters. The molecule has 5 nitrogen and oxygen atoms in total. The number of likely N-dealkylation sites (N-methyl/N-ethyl adjacent to an activating group) is 1. The van der Waals surface area contributed by atoms with Gasteiger partial charge in [-0.3, -0.25) is 4.79 Å². The summed E-state index contributed by atoms with van der Waals surface area (Å²) in [6.07, 6.45) is 0.416. The molecule has 1 fully saturated rings. The minimum atomic E-state index is -3.08. The minimum absolute atomic E-state index is 0.0378. The first-order valence-electron chi connectivity index (χ1n) is 7.36. The molecule has 128 valence electrons. The van der Waals surface area contributed by atoms with E-state index in [-0.39, 0.29) is 30.5 Å². The molecule has 1 aromatic carbocycles. The van der Waals surface area contributed by atoms with Crippen molar-refractivity contribution in [3.8, 4) is 0 Å². The molecule has 1 heterocycles. The average molecular weight is 364 g/mol. The summed E-state index contributed by atoms with van der Waals surface area (Å²) in [5, 5.41) is 3.12. The van der Waals surface area contributed by atoms with Gasteiger partial charge in [0.15, 0.2) is 16.4 Å². The normalized spacial score (nSPS) is 24.3. The van der Waals surface area contributed by atoms with E-state index in [1.165, 1.54) is 12.1 Å². The summed E-state index contributed by atoms with van der Waals surface area (Å²) in [5.74, 6) is -0.595. The summed E-state index contributed by atoms with van der Waals surface area (Å²) in [5.41, 5.74) is -0.347. The number of carbonyl (C=O) groups excluding carboxylic acids is 1. The van der Waals surface area contributed by atoms with Gasteiger partial charge in [0.25, 0.3) is 5.91 Å². The highest BCUT2D eigenvalue weighted by Gasteiger charge is 2.39. The fraction of sp³-hybridized carbons (Fsp3) is 0.533. The van der Waals surface area contributed by atoms with Crippen molar-refractivity contribution in [2.75, 3.05) is 25.1 Å². The van der Waals surface area contributed by atoms with Crippen LogP contribution in [0.3, 0.4) is 0 Å². The average Bonchev–Trinajstić information content (AvgIpc) is 2.67. The van der Waals surface area contributed by atoms with Crippen LogP contribution < -0.4 is 10.2 Å². The van der Waals surface area contributed by atoms with Gasteiger partial charge in [-0.05, 0) is 25.5 Å². The van der Waals surface area contributed by atoms with Crippen LogP contribution in [0.4, 0.5) is 4.39 Å². The molecule has 2 rings (SSSR count). The fourth-order valence-electron chi connectivity index (χ4n) is 2.83. The number of quaternary nitrogens is 1. The smallest absolute Gasteiger partial charge is 0.275 e. The molecule has 2 N–H and O–H groups in total. The van der Waals surface area contributed by atoms with Crippen molar-refractivity contribution in [1.82, 2.24) is 5.32 Å². The van der Waals surface area contributed by atoms with Crippen LogP contribution in [0.5, 0.6) is 0 Å². The molecule has 1 amide bonds. The van der Waals surface area contributed by atoms with E-state index in [4.69, 9.17) is 11.6 Å². The van der Waals surface area contributed by atoms with Crippen LogP contribution in [0, 0.1) is 5.82 Å². The zero-order chi connectivity index (χ0) is 17.3. The molecule has 0 bridgehead atoms. The summed E-state index contributed by atoms with van der Waals surface area (Å²) in [7, 11) is -1.32. The Morgan fingerprint density at radius 1 is 1.48 bits per heavy atom. The van der Waals surface area contributed by atoms with Gasteiger partial charge in [0.05, 0.1) is 34.7 Å². The van der Waals surface area contributed by atoms with Crippen LogP contribution >= 0.6 is 11.6 Å². The van der Waals surface area contributed by atoms with Gasteiger partial charge in [0.2, 0.25) is 0 Å². The van der Waals surface area contributed by atoms with Gasteiger partial charge < -0.3 is 10.2 Å². The fourth-order valence-corrected chi connectivity index (χ4v) is 5.15. The Bertz CT molecular complexity index is 690. The molecular formula is C15H21ClFN2O3S+. The van der Waals surface area contributed by atoms with E-state index in [2.05, 4.69) is 5.32 Å². The molecule has 8 heteroatoms. The maximum Gasteiger partial charge on any atom is 0.275 e. The van der Waals surface area contributed by atoms with Crippen LogP contribution in [0.2, 0.25) is 5.02 Å². The molecule has 0 aliphatic carbocycles. The number of hydrogen-bond acceptors (Lipinski definition) is 3. The lowest BCUT2D eigenvalue weighted by Crippen LogP contribution is -3.09. The zero-order valence-electron chi connectivity index (χ0n) is 13.2. The molecule has 23 heavy (non-hydrogen) atoms. The summed E-state index contributed by atoms with van der Waals surface area (Å²) in [6, 6.07) is 4.47. The second-order valence-electron chi connectivity index (χ2n) is 6.46. The first-order valence-corrected chi connectivity index (χ1v) is 9.56. The monoisotopic (exact) mass is 363 g/mol. The zero-order valence-corrected chi connectivity index (χ0v) is 14.7. The number of carbonyl (C=O) groups is 1. The second kappa shape index (κ2) is 6.75. The third-order valence-corrected chi connectivity index (χ3v) is 6.20. The number of benzene rings is 1. The van der Waals surface area contributed by atoms with Crippen LogP contribution in [0.25, 0.3) is 0 Å². The molecule has 0 radical (unpaired) electrons. The van der Waals surface area contributed by atoms with E-state index >= 15 is 0 Å². The van der Waals surface area contributed by atoms with E-state index in [0.29, 0.717) is 17.0 Å². The predicted molar refractivity (Wildman–Crippen MR) is 86.7 cm³/mol. The summed E-state index contributed by atoms with van der Waals surface area (Å²) < 4.78 is 36.9. The molecular weight excluding hydrogens is 343 g/mol. The van der Waals surface area contributed by atoms with Crippen LogP contribution in [-0.4, -0.2) is 45.0 Å². The Labute approximate surface area is 140 Å². The topological polar surface area (TPSA) is 67.7 Å². The number of sulfone groups is 1. The second-order valence-corrected chi connectivity index (χ2v) is 9.05. The van der Waals surface area contributed by atoms with E-state index in [1.807, 2.05) is 0 Å². The van der Waals surface area contributed by atoms with E-state index in [1.54, 1.807) is 20.0 Å². The van der Waals surface area contributed by atoms with Gasteiger partial charge in [-0.2, -0.15) is 0 Å². The first-order chi connectivity index (χ1) is 10.6. The van der Waals surface area contributed by atoms with Crippen LogP contribution in [0.15, 0.2) is 18.2 Å². The van der Waals surface area contributed by atoms with Crippen LogP contribution in [-0.2, 0) is 21.2 Å². The van der Waals surface area contributed by atoms with Crippen LogP contribution in [0.1, 0.15) is 18.9 Å². The molecule has 0 spiro atoms. The first kappa shape index (κ1) is 18.2. The van der Waals surface area contributed by atoms with E-state index in [9.17, 15) is 17.6 Å².